The standard InChI is InChI=1S/C16H21F3N4O2/c1-8(10-3-5-11(6-4-10)16(17,18)19)23-14-13(12(7-24)22-23)15(25)21-9(2)20-14/h8,10-11,24H,3-7H2,1-2H3,(H,20,21,25)/t8-,10?,11?/m1/s1. The molecule has 1 fully saturated rings. The van der Waals surface area contributed by atoms with Gasteiger partial charge < -0.3 is 10.1 Å². The summed E-state index contributed by atoms with van der Waals surface area (Å²) >= 11 is 0. The van der Waals surface area contributed by atoms with E-state index in [1.807, 2.05) is 6.92 Å². The zero-order valence-electron chi connectivity index (χ0n) is 14.1. The fraction of sp³-hybridized carbons (Fsp3) is 0.688. The second kappa shape index (κ2) is 6.44. The minimum absolute atomic E-state index is 0.0228. The molecule has 0 radical (unpaired) electrons. The Morgan fingerprint density at radius 2 is 1.96 bits per heavy atom. The topological polar surface area (TPSA) is 83.8 Å². The zero-order valence-corrected chi connectivity index (χ0v) is 14.1. The first-order valence-electron chi connectivity index (χ1n) is 8.38. The van der Waals surface area contributed by atoms with Gasteiger partial charge >= 0.3 is 6.18 Å². The Labute approximate surface area is 142 Å². The highest BCUT2D eigenvalue weighted by molar-refractivity contribution is 5.77. The number of nitrogens with one attached hydrogen (secondary N) is 1. The van der Waals surface area contributed by atoms with Gasteiger partial charge in [0.2, 0.25) is 0 Å². The van der Waals surface area contributed by atoms with Crippen LogP contribution in [-0.4, -0.2) is 31.0 Å². The van der Waals surface area contributed by atoms with Crippen LogP contribution in [0, 0.1) is 18.8 Å². The molecule has 1 aliphatic rings. The minimum atomic E-state index is -4.14. The monoisotopic (exact) mass is 358 g/mol. The van der Waals surface area contributed by atoms with Gasteiger partial charge in [-0.2, -0.15) is 18.3 Å². The van der Waals surface area contributed by atoms with E-state index in [0.717, 1.165) is 0 Å². The predicted octanol–water partition coefficient (Wildman–Crippen LogP) is 2.85. The summed E-state index contributed by atoms with van der Waals surface area (Å²) in [4.78, 5) is 19.1. The van der Waals surface area contributed by atoms with Crippen LogP contribution in [0.2, 0.25) is 0 Å². The molecule has 1 saturated carbocycles. The van der Waals surface area contributed by atoms with Gasteiger partial charge in [-0.15, -0.1) is 0 Å². The van der Waals surface area contributed by atoms with Crippen LogP contribution in [0.5, 0.6) is 0 Å². The van der Waals surface area contributed by atoms with Gasteiger partial charge in [0, 0.05) is 0 Å². The SMILES string of the molecule is Cc1nc2c(c(CO)nn2[C@H](C)C2CCC(C(F)(F)F)CC2)c(=O)[nH]1. The quantitative estimate of drug-likeness (QED) is 0.884. The number of aryl methyl sites for hydroxylation is 1. The van der Waals surface area contributed by atoms with Crippen LogP contribution in [0.25, 0.3) is 11.0 Å². The summed E-state index contributed by atoms with van der Waals surface area (Å²) in [5, 5.41) is 14.0. The molecule has 0 aliphatic heterocycles. The maximum atomic E-state index is 12.8. The lowest BCUT2D eigenvalue weighted by Crippen LogP contribution is -2.30. The molecule has 0 bridgehead atoms. The average Bonchev–Trinajstić information content (AvgIpc) is 2.92. The summed E-state index contributed by atoms with van der Waals surface area (Å²) < 4.78 is 40.1. The molecule has 2 heterocycles. The Morgan fingerprint density at radius 1 is 1.32 bits per heavy atom. The van der Waals surface area contributed by atoms with E-state index in [9.17, 15) is 23.1 Å². The van der Waals surface area contributed by atoms with Gasteiger partial charge in [0.25, 0.3) is 5.56 Å². The maximum absolute atomic E-state index is 12.8. The van der Waals surface area contributed by atoms with Gasteiger partial charge in [-0.25, -0.2) is 9.67 Å². The van der Waals surface area contributed by atoms with Crippen molar-refractivity contribution in [1.82, 2.24) is 19.7 Å². The van der Waals surface area contributed by atoms with E-state index in [1.165, 1.54) is 0 Å². The van der Waals surface area contributed by atoms with Crippen molar-refractivity contribution in [1.29, 1.82) is 0 Å². The predicted molar refractivity (Wildman–Crippen MR) is 85.0 cm³/mol. The maximum Gasteiger partial charge on any atom is 0.391 e. The zero-order chi connectivity index (χ0) is 18.4. The molecule has 0 aromatic carbocycles. The third-order valence-corrected chi connectivity index (χ3v) is 5.21. The van der Waals surface area contributed by atoms with Crippen LogP contribution in [0.3, 0.4) is 0 Å². The number of aromatic amines is 1. The highest BCUT2D eigenvalue weighted by Gasteiger charge is 2.42. The van der Waals surface area contributed by atoms with Crippen LogP contribution in [0.15, 0.2) is 4.79 Å². The third kappa shape index (κ3) is 3.29. The number of halogens is 3. The molecule has 3 rings (SSSR count). The van der Waals surface area contributed by atoms with Crippen molar-refractivity contribution in [3.05, 3.63) is 21.9 Å². The van der Waals surface area contributed by atoms with Crippen molar-refractivity contribution in [3.8, 4) is 0 Å². The summed E-state index contributed by atoms with van der Waals surface area (Å²) in [6.07, 6.45) is -3.02. The lowest BCUT2D eigenvalue weighted by molar-refractivity contribution is -0.184. The molecule has 0 amide bonds. The van der Waals surface area contributed by atoms with Gasteiger partial charge in [0.05, 0.1) is 18.6 Å². The molecule has 2 aromatic heterocycles. The average molecular weight is 358 g/mol. The molecular weight excluding hydrogens is 337 g/mol. The number of hydrogen-bond donors (Lipinski definition) is 2. The van der Waals surface area contributed by atoms with E-state index >= 15 is 0 Å². The van der Waals surface area contributed by atoms with Crippen molar-refractivity contribution >= 4 is 11.0 Å². The Hall–Kier alpha value is -1.90. The van der Waals surface area contributed by atoms with E-state index < -0.39 is 18.7 Å². The van der Waals surface area contributed by atoms with E-state index in [0.29, 0.717) is 24.3 Å². The van der Waals surface area contributed by atoms with Crippen molar-refractivity contribution in [2.45, 2.75) is 58.4 Å². The smallest absolute Gasteiger partial charge is 0.390 e. The molecule has 138 valence electrons. The molecular formula is C16H21F3N4O2. The number of hydrogen-bond acceptors (Lipinski definition) is 4. The molecule has 2 aromatic rings. The van der Waals surface area contributed by atoms with Crippen molar-refractivity contribution in [2.75, 3.05) is 0 Å². The van der Waals surface area contributed by atoms with Crippen LogP contribution >= 0.6 is 0 Å². The lowest BCUT2D eigenvalue weighted by atomic mass is 9.78. The van der Waals surface area contributed by atoms with Gasteiger partial charge in [0.15, 0.2) is 5.65 Å². The molecule has 1 aliphatic carbocycles. The van der Waals surface area contributed by atoms with Gasteiger partial charge in [-0.3, -0.25) is 4.79 Å². The third-order valence-electron chi connectivity index (χ3n) is 5.21. The number of aliphatic hydroxyl groups excluding tert-OH is 1. The highest BCUT2D eigenvalue weighted by atomic mass is 19.4. The second-order valence-electron chi connectivity index (χ2n) is 6.79. The number of aromatic nitrogens is 4. The van der Waals surface area contributed by atoms with Gasteiger partial charge in [-0.05, 0) is 45.4 Å². The molecule has 6 nitrogen and oxygen atoms in total. The number of nitrogens with zero attached hydrogens (tertiary/aromatic N) is 3. The van der Waals surface area contributed by atoms with Crippen LogP contribution in [-0.2, 0) is 6.61 Å². The molecule has 2 N–H and O–H groups in total. The Morgan fingerprint density at radius 3 is 2.52 bits per heavy atom. The van der Waals surface area contributed by atoms with E-state index in [1.54, 1.807) is 11.6 Å². The summed E-state index contributed by atoms with van der Waals surface area (Å²) in [6.45, 7) is 3.13. The van der Waals surface area contributed by atoms with Gasteiger partial charge in [-0.1, -0.05) is 0 Å². The fourth-order valence-corrected chi connectivity index (χ4v) is 3.75. The Balaban J connectivity index is 1.91. The van der Waals surface area contributed by atoms with Crippen LogP contribution in [0.4, 0.5) is 13.2 Å². The second-order valence-corrected chi connectivity index (χ2v) is 6.79. The van der Waals surface area contributed by atoms with Gasteiger partial charge in [0.1, 0.15) is 16.9 Å². The lowest BCUT2D eigenvalue weighted by Gasteiger charge is -2.33. The van der Waals surface area contributed by atoms with Crippen molar-refractivity contribution in [3.63, 3.8) is 0 Å². The number of fused-ring (bicyclic) bond motifs is 1. The molecule has 0 spiro atoms. The highest BCUT2D eigenvalue weighted by Crippen LogP contribution is 2.42. The molecule has 0 saturated heterocycles. The summed E-state index contributed by atoms with van der Waals surface area (Å²) in [7, 11) is 0. The molecule has 25 heavy (non-hydrogen) atoms. The van der Waals surface area contributed by atoms with Crippen molar-refractivity contribution in [2.24, 2.45) is 11.8 Å². The first-order valence-corrected chi connectivity index (χ1v) is 8.38. The minimum Gasteiger partial charge on any atom is -0.390 e. The molecule has 1 atom stereocenters. The first-order chi connectivity index (χ1) is 11.7. The number of aliphatic hydroxyl groups is 1. The molecule has 9 heteroatoms. The summed E-state index contributed by atoms with van der Waals surface area (Å²) in [5.74, 6) is -0.785. The van der Waals surface area contributed by atoms with Crippen LogP contribution < -0.4 is 5.56 Å². The van der Waals surface area contributed by atoms with Crippen LogP contribution in [0.1, 0.15) is 50.2 Å². The van der Waals surface area contributed by atoms with Crippen molar-refractivity contribution < 1.29 is 18.3 Å². The fourth-order valence-electron chi connectivity index (χ4n) is 3.75. The molecule has 0 unspecified atom stereocenters. The summed E-state index contributed by atoms with van der Waals surface area (Å²) in [6, 6.07) is -0.203. The largest absolute Gasteiger partial charge is 0.391 e. The Kier molecular flexibility index (Phi) is 4.61. The normalized spacial score (nSPS) is 23.1. The van der Waals surface area contributed by atoms with E-state index in [4.69, 9.17) is 0 Å². The number of alkyl halides is 3. The number of H-pyrrole nitrogens is 1. The first kappa shape index (κ1) is 17.9. The Bertz CT molecular complexity index is 819. The van der Waals surface area contributed by atoms with E-state index in [-0.39, 0.29) is 41.4 Å². The summed E-state index contributed by atoms with van der Waals surface area (Å²) in [5.41, 5.74) is 0.237. The van der Waals surface area contributed by atoms with E-state index in [2.05, 4.69) is 15.1 Å². The number of rotatable bonds is 3.